The second-order valence-corrected chi connectivity index (χ2v) is 7.48. The number of halogens is 2. The van der Waals surface area contributed by atoms with Gasteiger partial charge < -0.3 is 10.1 Å². The van der Waals surface area contributed by atoms with Crippen LogP contribution in [0.25, 0.3) is 0 Å². The van der Waals surface area contributed by atoms with Gasteiger partial charge in [0.25, 0.3) is 0 Å². The smallest absolute Gasteiger partial charge is 0.410 e. The predicted molar refractivity (Wildman–Crippen MR) is 94.9 cm³/mol. The van der Waals surface area contributed by atoms with Crippen molar-refractivity contribution in [3.05, 3.63) is 32.6 Å². The molecule has 3 rings (SSSR count). The molecule has 5 nitrogen and oxygen atoms in total. The second kappa shape index (κ2) is 7.25. The maximum atomic E-state index is 13.6. The van der Waals surface area contributed by atoms with Crippen molar-refractivity contribution in [3.8, 4) is 0 Å². The molecule has 2 fully saturated rings. The quantitative estimate of drug-likeness (QED) is 0.711. The number of fused-ring (bicyclic) bond motifs is 2. The number of rotatable bonds is 2. The SMILES string of the molecule is Cc1cc(F)cc(COC(=O)N2C3CCCC2CC(=O)NC3)c1I. The first-order chi connectivity index (χ1) is 11.5. The van der Waals surface area contributed by atoms with Crippen LogP contribution in [0.15, 0.2) is 12.1 Å². The van der Waals surface area contributed by atoms with E-state index in [2.05, 4.69) is 27.9 Å². The zero-order valence-electron chi connectivity index (χ0n) is 13.5. The van der Waals surface area contributed by atoms with E-state index in [1.165, 1.54) is 12.1 Å². The van der Waals surface area contributed by atoms with Gasteiger partial charge in [-0.25, -0.2) is 9.18 Å². The van der Waals surface area contributed by atoms with Crippen LogP contribution >= 0.6 is 22.6 Å². The number of hydrogen-bond donors (Lipinski definition) is 1. The molecule has 24 heavy (non-hydrogen) atoms. The molecule has 2 aliphatic rings. The minimum atomic E-state index is -0.418. The van der Waals surface area contributed by atoms with Gasteiger partial charge in [0.2, 0.25) is 5.91 Å². The number of piperidine rings is 1. The van der Waals surface area contributed by atoms with Gasteiger partial charge in [-0.05, 0) is 66.5 Å². The van der Waals surface area contributed by atoms with Crippen LogP contribution < -0.4 is 5.32 Å². The fraction of sp³-hybridized carbons (Fsp3) is 0.529. The fourth-order valence-electron chi connectivity index (χ4n) is 3.50. The van der Waals surface area contributed by atoms with Crippen LogP contribution in [-0.2, 0) is 16.1 Å². The summed E-state index contributed by atoms with van der Waals surface area (Å²) >= 11 is 2.13. The molecule has 2 atom stereocenters. The number of amides is 2. The van der Waals surface area contributed by atoms with Crippen molar-refractivity contribution in [1.82, 2.24) is 10.2 Å². The van der Waals surface area contributed by atoms with Crippen molar-refractivity contribution in [1.29, 1.82) is 0 Å². The van der Waals surface area contributed by atoms with E-state index >= 15 is 0 Å². The molecule has 2 saturated heterocycles. The van der Waals surface area contributed by atoms with Gasteiger partial charge in [-0.2, -0.15) is 0 Å². The number of carbonyl (C=O) groups excluding carboxylic acids is 2. The summed E-state index contributed by atoms with van der Waals surface area (Å²) in [5.41, 5.74) is 1.48. The second-order valence-electron chi connectivity index (χ2n) is 6.40. The summed E-state index contributed by atoms with van der Waals surface area (Å²) in [5, 5.41) is 2.86. The molecule has 1 N–H and O–H groups in total. The van der Waals surface area contributed by atoms with Gasteiger partial charge in [0.1, 0.15) is 12.4 Å². The molecule has 0 saturated carbocycles. The van der Waals surface area contributed by atoms with Gasteiger partial charge in [0.15, 0.2) is 0 Å². The van der Waals surface area contributed by atoms with Gasteiger partial charge in [-0.3, -0.25) is 9.69 Å². The monoisotopic (exact) mass is 446 g/mol. The van der Waals surface area contributed by atoms with Crippen molar-refractivity contribution < 1.29 is 18.7 Å². The first kappa shape index (κ1) is 17.4. The lowest BCUT2D eigenvalue weighted by atomic mass is 9.95. The summed E-state index contributed by atoms with van der Waals surface area (Å²) < 4.78 is 19.9. The normalized spacial score (nSPS) is 23.5. The average molecular weight is 446 g/mol. The molecule has 2 unspecified atom stereocenters. The zero-order chi connectivity index (χ0) is 17.3. The molecule has 2 bridgehead atoms. The van der Waals surface area contributed by atoms with Crippen molar-refractivity contribution in [2.75, 3.05) is 6.54 Å². The first-order valence-corrected chi connectivity index (χ1v) is 9.20. The summed E-state index contributed by atoms with van der Waals surface area (Å²) in [7, 11) is 0. The van der Waals surface area contributed by atoms with E-state index in [1.807, 2.05) is 6.92 Å². The Morgan fingerprint density at radius 1 is 1.42 bits per heavy atom. The largest absolute Gasteiger partial charge is 0.444 e. The van der Waals surface area contributed by atoms with Crippen molar-refractivity contribution in [3.63, 3.8) is 0 Å². The molecule has 1 aromatic rings. The molecule has 0 radical (unpaired) electrons. The number of nitrogens with one attached hydrogen (secondary N) is 1. The third kappa shape index (κ3) is 3.65. The minimum absolute atomic E-state index is 0.0162. The van der Waals surface area contributed by atoms with Gasteiger partial charge in [-0.1, -0.05) is 0 Å². The van der Waals surface area contributed by atoms with E-state index in [9.17, 15) is 14.0 Å². The van der Waals surface area contributed by atoms with Crippen molar-refractivity contribution in [2.45, 2.75) is 51.3 Å². The number of ether oxygens (including phenoxy) is 1. The first-order valence-electron chi connectivity index (χ1n) is 8.12. The molecule has 2 heterocycles. The summed E-state index contributed by atoms with van der Waals surface area (Å²) in [6.45, 7) is 2.33. The summed E-state index contributed by atoms with van der Waals surface area (Å²) in [5.74, 6) is -0.349. The molecule has 0 aromatic heterocycles. The Labute approximate surface area is 154 Å². The van der Waals surface area contributed by atoms with E-state index in [-0.39, 0.29) is 30.4 Å². The van der Waals surface area contributed by atoms with Gasteiger partial charge in [0.05, 0.1) is 6.04 Å². The molecular formula is C17H20FIN2O3. The van der Waals surface area contributed by atoms with Gasteiger partial charge in [0, 0.05) is 28.1 Å². The highest BCUT2D eigenvalue weighted by atomic mass is 127. The Morgan fingerprint density at radius 3 is 2.96 bits per heavy atom. The Kier molecular flexibility index (Phi) is 5.27. The number of carbonyl (C=O) groups is 2. The van der Waals surface area contributed by atoms with Crippen LogP contribution in [0.2, 0.25) is 0 Å². The lowest BCUT2D eigenvalue weighted by molar-refractivity contribution is -0.121. The summed E-state index contributed by atoms with van der Waals surface area (Å²) in [4.78, 5) is 26.1. The summed E-state index contributed by atoms with van der Waals surface area (Å²) in [6, 6.07) is 2.74. The Balaban J connectivity index is 1.71. The van der Waals surface area contributed by atoms with Crippen molar-refractivity contribution >= 4 is 34.6 Å². The molecule has 2 amide bonds. The Hall–Kier alpha value is -1.38. The molecule has 2 aliphatic heterocycles. The maximum Gasteiger partial charge on any atom is 0.410 e. The van der Waals surface area contributed by atoms with E-state index in [4.69, 9.17) is 4.74 Å². The number of nitrogens with zero attached hydrogens (tertiary/aromatic N) is 1. The van der Waals surface area contributed by atoms with Gasteiger partial charge >= 0.3 is 6.09 Å². The highest BCUT2D eigenvalue weighted by molar-refractivity contribution is 14.1. The van der Waals surface area contributed by atoms with Crippen LogP contribution in [0.3, 0.4) is 0 Å². The average Bonchev–Trinajstić information content (AvgIpc) is 2.63. The third-order valence-corrected chi connectivity index (χ3v) is 6.22. The third-order valence-electron chi connectivity index (χ3n) is 4.67. The predicted octanol–water partition coefficient (Wildman–Crippen LogP) is 3.12. The van der Waals surface area contributed by atoms with Crippen LogP contribution in [0.4, 0.5) is 9.18 Å². The topological polar surface area (TPSA) is 58.6 Å². The van der Waals surface area contributed by atoms with Gasteiger partial charge in [-0.15, -0.1) is 0 Å². The molecule has 1 aromatic carbocycles. The number of hydrogen-bond acceptors (Lipinski definition) is 3. The highest BCUT2D eigenvalue weighted by Gasteiger charge is 2.38. The Morgan fingerprint density at radius 2 is 2.17 bits per heavy atom. The maximum absolute atomic E-state index is 13.6. The number of benzene rings is 1. The minimum Gasteiger partial charge on any atom is -0.444 e. The van der Waals surface area contributed by atoms with E-state index in [0.29, 0.717) is 18.5 Å². The van der Waals surface area contributed by atoms with Crippen LogP contribution in [-0.4, -0.2) is 35.5 Å². The summed E-state index contributed by atoms with van der Waals surface area (Å²) in [6.07, 6.45) is 2.59. The van der Waals surface area contributed by atoms with Crippen LogP contribution in [0.5, 0.6) is 0 Å². The lowest BCUT2D eigenvalue weighted by Gasteiger charge is -2.38. The van der Waals surface area contributed by atoms with E-state index in [0.717, 1.165) is 28.4 Å². The molecular weight excluding hydrogens is 426 g/mol. The van der Waals surface area contributed by atoms with Crippen LogP contribution in [0.1, 0.15) is 36.8 Å². The van der Waals surface area contributed by atoms with Crippen molar-refractivity contribution in [2.24, 2.45) is 0 Å². The molecule has 0 aliphatic carbocycles. The molecule has 0 spiro atoms. The standard InChI is InChI=1S/C17H20FIN2O3/c1-10-5-12(18)6-11(16(10)19)9-24-17(23)21-13-3-2-4-14(21)8-20-15(22)7-13/h5-6,13-14H,2-4,7-9H2,1H3,(H,20,22). The Bertz CT molecular complexity index is 667. The lowest BCUT2D eigenvalue weighted by Crippen LogP contribution is -2.51. The van der Waals surface area contributed by atoms with Crippen LogP contribution in [0, 0.1) is 16.3 Å². The highest BCUT2D eigenvalue weighted by Crippen LogP contribution is 2.28. The molecule has 7 heteroatoms. The number of aryl methyl sites for hydroxylation is 1. The van der Waals surface area contributed by atoms with E-state index < -0.39 is 6.09 Å². The van der Waals surface area contributed by atoms with E-state index in [1.54, 1.807) is 4.90 Å². The fourth-order valence-corrected chi connectivity index (χ4v) is 3.96. The zero-order valence-corrected chi connectivity index (χ0v) is 15.6. The molecule has 130 valence electrons.